The van der Waals surface area contributed by atoms with Crippen LogP contribution >= 0.6 is 0 Å². The second kappa shape index (κ2) is 27.1. The van der Waals surface area contributed by atoms with E-state index in [-0.39, 0.29) is 0 Å². The normalized spacial score (nSPS) is 13.1. The minimum atomic E-state index is -0.750. The fourth-order valence-corrected chi connectivity index (χ4v) is 21.6. The molecular weight excluding hydrogens is 1450 g/mol. The quantitative estimate of drug-likeness (QED) is 0.114. The molecule has 2 spiro atoms. The van der Waals surface area contributed by atoms with Crippen molar-refractivity contribution in [2.45, 2.75) is 24.7 Å². The van der Waals surface area contributed by atoms with Gasteiger partial charge in [-0.25, -0.2) is 0 Å². The third-order valence-electron chi connectivity index (χ3n) is 26.4. The number of fused-ring (bicyclic) bond motifs is 28. The van der Waals surface area contributed by atoms with Crippen molar-refractivity contribution in [1.29, 1.82) is 0 Å². The molecule has 0 amide bonds. The molecule has 0 aromatic heterocycles. The smallest absolute Gasteiger partial charge is 0.0727 e. The zero-order chi connectivity index (χ0) is 79.3. The summed E-state index contributed by atoms with van der Waals surface area (Å²) in [6.45, 7) is 4.51. The van der Waals surface area contributed by atoms with Gasteiger partial charge < -0.3 is 19.6 Å². The van der Waals surface area contributed by atoms with E-state index >= 15 is 0 Å². The lowest BCUT2D eigenvalue weighted by molar-refractivity contribution is 0.795. The fourth-order valence-electron chi connectivity index (χ4n) is 21.6. The third-order valence-corrected chi connectivity index (χ3v) is 26.4. The molecule has 4 nitrogen and oxygen atoms in total. The van der Waals surface area contributed by atoms with Crippen molar-refractivity contribution >= 4 is 111 Å². The molecule has 0 aliphatic heterocycles. The average molecular weight is 1530 g/mol. The Morgan fingerprint density at radius 1 is 0.158 bits per heavy atom. The number of nitrogens with zero attached hydrogens (tertiary/aromatic N) is 4. The molecule has 24 rings (SSSR count). The fraction of sp³-hybridized carbons (Fsp3) is 0.0345. The average Bonchev–Trinajstić information content (AvgIpc) is 1.50. The molecule has 4 heteroatoms. The number of rotatable bonds is 13. The van der Waals surface area contributed by atoms with Crippen LogP contribution in [-0.2, 0) is 10.8 Å². The van der Waals surface area contributed by atoms with Crippen LogP contribution in [0.4, 0.5) is 68.2 Å². The topological polar surface area (TPSA) is 13.0 Å². The summed E-state index contributed by atoms with van der Waals surface area (Å²) in [5.74, 6) is 0. The molecule has 0 fully saturated rings. The molecule has 120 heavy (non-hydrogen) atoms. The van der Waals surface area contributed by atoms with Crippen LogP contribution in [-0.4, -0.2) is 0 Å². The van der Waals surface area contributed by atoms with Crippen molar-refractivity contribution in [2.24, 2.45) is 0 Å². The molecule has 0 saturated heterocycles. The lowest BCUT2D eigenvalue weighted by atomic mass is 9.70. The van der Waals surface area contributed by atoms with Crippen molar-refractivity contribution in [3.63, 3.8) is 0 Å². The number of hydrogen-bond acceptors (Lipinski definition) is 4. The van der Waals surface area contributed by atoms with Gasteiger partial charge in [0.25, 0.3) is 0 Å². The Bertz CT molecular complexity index is 7470. The van der Waals surface area contributed by atoms with Gasteiger partial charge in [0.15, 0.2) is 0 Å². The molecule has 0 radical (unpaired) electrons. The van der Waals surface area contributed by atoms with E-state index in [4.69, 9.17) is 0 Å². The van der Waals surface area contributed by atoms with Crippen molar-refractivity contribution in [3.8, 4) is 55.6 Å². The zero-order valence-corrected chi connectivity index (χ0v) is 66.4. The van der Waals surface area contributed by atoms with Gasteiger partial charge in [0.2, 0.25) is 0 Å². The maximum absolute atomic E-state index is 2.61. The highest BCUT2D eigenvalue weighted by atomic mass is 15.2. The number of hydrogen-bond donors (Lipinski definition) is 0. The summed E-state index contributed by atoms with van der Waals surface area (Å²) in [5, 5.41) is 9.54. The van der Waals surface area contributed by atoms with E-state index in [2.05, 4.69) is 470 Å². The van der Waals surface area contributed by atoms with Crippen molar-refractivity contribution in [1.82, 2.24) is 0 Å². The monoisotopic (exact) mass is 1530 g/mol. The predicted molar refractivity (Wildman–Crippen MR) is 503 cm³/mol. The lowest BCUT2D eigenvalue weighted by Crippen LogP contribution is -2.27. The van der Waals surface area contributed by atoms with E-state index in [1.165, 1.54) is 132 Å². The molecule has 20 aromatic rings. The van der Waals surface area contributed by atoms with E-state index < -0.39 is 10.8 Å². The van der Waals surface area contributed by atoms with Crippen LogP contribution in [0.1, 0.15) is 55.6 Å². The molecule has 4 aliphatic rings. The highest BCUT2D eigenvalue weighted by molar-refractivity contribution is 6.22. The molecule has 0 N–H and O–H groups in total. The summed E-state index contributed by atoms with van der Waals surface area (Å²) in [5.41, 5.74) is 36.6. The van der Waals surface area contributed by atoms with E-state index in [1.807, 2.05) is 0 Å². The van der Waals surface area contributed by atoms with Crippen LogP contribution in [0.15, 0.2) is 437 Å². The van der Waals surface area contributed by atoms with Crippen molar-refractivity contribution < 1.29 is 0 Å². The molecule has 4 aliphatic carbocycles. The van der Waals surface area contributed by atoms with Crippen LogP contribution in [0.25, 0.3) is 98.7 Å². The SMILES string of the molecule is Cc1ccccc1N(c1ccccc1)c1cc2c(c3ccccc13)-c1c(cc(N(c3cccc(-c4cccc(N(c5ccccc5)c5cc6c(c7ccccc57)-c5c(cc(N(c7ccccc7)c7ccccc7)c7ccccc57)C65c6ccccc6-c6ccccc65)c4)c3)c3ccccc3C)c3ccccc13)C21c2ccccc2-c2ccccc21. The van der Waals surface area contributed by atoms with Crippen molar-refractivity contribution in [3.05, 3.63) is 492 Å². The van der Waals surface area contributed by atoms with E-state index in [9.17, 15) is 0 Å². The van der Waals surface area contributed by atoms with Gasteiger partial charge in [0, 0.05) is 67.0 Å². The zero-order valence-electron chi connectivity index (χ0n) is 66.4. The molecule has 0 saturated carbocycles. The summed E-state index contributed by atoms with van der Waals surface area (Å²) < 4.78 is 0. The second-order valence-corrected chi connectivity index (χ2v) is 32.5. The summed E-state index contributed by atoms with van der Waals surface area (Å²) >= 11 is 0. The van der Waals surface area contributed by atoms with E-state index in [1.54, 1.807) is 0 Å². The summed E-state index contributed by atoms with van der Waals surface area (Å²) in [6, 6.07) is 164. The summed E-state index contributed by atoms with van der Waals surface area (Å²) in [4.78, 5) is 10.1. The Labute approximate surface area is 698 Å². The Morgan fingerprint density at radius 2 is 0.383 bits per heavy atom. The Hall–Kier alpha value is -15.4. The Balaban J connectivity index is 0.715. The Morgan fingerprint density at radius 3 is 0.700 bits per heavy atom. The first-order valence-electron chi connectivity index (χ1n) is 41.8. The largest absolute Gasteiger partial charge is 0.310 e. The molecule has 20 aromatic carbocycles. The molecule has 0 atom stereocenters. The first kappa shape index (κ1) is 69.0. The number of para-hydroxylation sites is 6. The predicted octanol–water partition coefficient (Wildman–Crippen LogP) is 31.1. The number of anilines is 12. The Kier molecular flexibility index (Phi) is 15.6. The first-order valence-corrected chi connectivity index (χ1v) is 41.8. The van der Waals surface area contributed by atoms with Gasteiger partial charge >= 0.3 is 0 Å². The number of aryl methyl sites for hydroxylation is 2. The lowest BCUT2D eigenvalue weighted by Gasteiger charge is -2.34. The first-order chi connectivity index (χ1) is 59.4. The second-order valence-electron chi connectivity index (χ2n) is 32.5. The van der Waals surface area contributed by atoms with E-state index in [0.29, 0.717) is 0 Å². The maximum Gasteiger partial charge on any atom is 0.0727 e. The summed E-state index contributed by atoms with van der Waals surface area (Å²) in [6.07, 6.45) is 0. The highest BCUT2D eigenvalue weighted by Gasteiger charge is 2.56. The minimum absolute atomic E-state index is 0.743. The van der Waals surface area contributed by atoms with Gasteiger partial charge in [-0.15, -0.1) is 0 Å². The van der Waals surface area contributed by atoms with Crippen LogP contribution < -0.4 is 19.6 Å². The van der Waals surface area contributed by atoms with Gasteiger partial charge in [-0.3, -0.25) is 0 Å². The minimum Gasteiger partial charge on any atom is -0.310 e. The number of benzene rings is 20. The van der Waals surface area contributed by atoms with Crippen LogP contribution in [0, 0.1) is 13.8 Å². The van der Waals surface area contributed by atoms with Crippen LogP contribution in [0.3, 0.4) is 0 Å². The third kappa shape index (κ3) is 9.94. The molecule has 562 valence electrons. The van der Waals surface area contributed by atoms with Gasteiger partial charge in [-0.1, -0.05) is 328 Å². The van der Waals surface area contributed by atoms with Crippen LogP contribution in [0.5, 0.6) is 0 Å². The highest BCUT2D eigenvalue weighted by Crippen LogP contribution is 2.70. The van der Waals surface area contributed by atoms with Gasteiger partial charge in [-0.2, -0.15) is 0 Å². The van der Waals surface area contributed by atoms with Gasteiger partial charge in [-0.05, 0) is 256 Å². The maximum atomic E-state index is 2.61. The summed E-state index contributed by atoms with van der Waals surface area (Å²) in [7, 11) is 0. The molecule has 0 heterocycles. The molecular formula is C116H78N4. The molecule has 0 unspecified atom stereocenters. The molecule has 0 bridgehead atoms. The van der Waals surface area contributed by atoms with E-state index in [0.717, 1.165) is 90.1 Å². The van der Waals surface area contributed by atoms with Gasteiger partial charge in [0.1, 0.15) is 0 Å². The van der Waals surface area contributed by atoms with Crippen LogP contribution in [0.2, 0.25) is 0 Å². The standard InChI is InChI=1S/C116H78N4/c1-75-37-15-33-67-105(75)119(82-47-13-6-14-48-82)109-73-103-113(95-61-23-19-57-91(95)109)114-96-62-24-20-58-92(96)110(74-104(114)116(103)99-65-31-27-53-87(99)88-54-28-32-66-100(88)116)120(106-68-34-16-38-76(106)2)84-50-36-40-78(70-84)77-39-35-49-83(69-77)118(81-45-11-5-12-46-81)108-72-102-112(94-60-22-18-56-90(94)108)111-93-59-21-17-55-89(93)107(117(79-41-7-3-8-42-79)80-43-9-4-10-44-80)71-101(111)115(102)97-63-29-25-51-85(97)86-52-26-30-64-98(86)115/h3-74H,1-2H3. The van der Waals surface area contributed by atoms with Crippen molar-refractivity contribution in [2.75, 3.05) is 19.6 Å². The van der Waals surface area contributed by atoms with Gasteiger partial charge in [0.05, 0.1) is 33.6 Å².